The average molecular weight is 448 g/mol. The van der Waals surface area contributed by atoms with E-state index in [2.05, 4.69) is 24.2 Å². The highest BCUT2D eigenvalue weighted by Gasteiger charge is 2.28. The molecule has 0 saturated carbocycles. The third-order valence-corrected chi connectivity index (χ3v) is 8.75. The van der Waals surface area contributed by atoms with Crippen LogP contribution in [0.1, 0.15) is 23.2 Å². The molecule has 1 fully saturated rings. The van der Waals surface area contributed by atoms with Crippen molar-refractivity contribution in [1.82, 2.24) is 15.0 Å². The van der Waals surface area contributed by atoms with E-state index < -0.39 is 15.6 Å². The van der Waals surface area contributed by atoms with Gasteiger partial charge in [-0.15, -0.1) is 23.1 Å². The molecule has 10 heteroatoms. The minimum absolute atomic E-state index is 0.121. The van der Waals surface area contributed by atoms with Gasteiger partial charge in [-0.1, -0.05) is 0 Å². The molecule has 4 heterocycles. The van der Waals surface area contributed by atoms with Gasteiger partial charge >= 0.3 is 0 Å². The van der Waals surface area contributed by atoms with Gasteiger partial charge in [-0.05, 0) is 42.7 Å². The molecule has 0 N–H and O–H groups in total. The molecule has 1 aliphatic rings. The monoisotopic (exact) mass is 447 g/mol. The zero-order valence-corrected chi connectivity index (χ0v) is 18.6. The Bertz CT molecular complexity index is 1160. The minimum Gasteiger partial charge on any atom is -0.356 e. The van der Waals surface area contributed by atoms with E-state index in [0.29, 0.717) is 18.4 Å². The van der Waals surface area contributed by atoms with E-state index in [4.69, 9.17) is 0 Å². The van der Waals surface area contributed by atoms with Crippen LogP contribution < -0.4 is 4.90 Å². The number of carbonyl (C=O) groups is 1. The largest absolute Gasteiger partial charge is 0.356 e. The van der Waals surface area contributed by atoms with Crippen LogP contribution in [0.3, 0.4) is 0 Å². The number of amides is 1. The van der Waals surface area contributed by atoms with Gasteiger partial charge in [-0.2, -0.15) is 4.36 Å². The van der Waals surface area contributed by atoms with Crippen LogP contribution in [0.15, 0.2) is 45.5 Å². The van der Waals surface area contributed by atoms with E-state index in [9.17, 15) is 9.00 Å². The molecule has 1 saturated heterocycles. The zero-order valence-electron chi connectivity index (χ0n) is 16.1. The van der Waals surface area contributed by atoms with Crippen molar-refractivity contribution in [3.05, 3.63) is 41.7 Å². The molecule has 1 aliphatic heterocycles. The second-order valence-electron chi connectivity index (χ2n) is 6.87. The predicted molar refractivity (Wildman–Crippen MR) is 119 cm³/mol. The number of hydrogen-bond acceptors (Lipinski definition) is 8. The Morgan fingerprint density at radius 1 is 1.28 bits per heavy atom. The first-order chi connectivity index (χ1) is 14.0. The Balaban J connectivity index is 1.49. The van der Waals surface area contributed by atoms with Crippen LogP contribution in [0, 0.1) is 0 Å². The maximum absolute atomic E-state index is 13.2. The lowest BCUT2D eigenvalue weighted by atomic mass is 10.1. The molecule has 29 heavy (non-hydrogen) atoms. The molecule has 7 nitrogen and oxygen atoms in total. The molecule has 0 radical (unpaired) electrons. The van der Waals surface area contributed by atoms with Crippen LogP contribution in [0.2, 0.25) is 0 Å². The number of carbonyl (C=O) groups excluding carboxylic acids is 1. The summed E-state index contributed by atoms with van der Waals surface area (Å²) in [6.07, 6.45) is 8.07. The van der Waals surface area contributed by atoms with Crippen molar-refractivity contribution in [2.24, 2.45) is 4.36 Å². The van der Waals surface area contributed by atoms with E-state index >= 15 is 0 Å². The van der Waals surface area contributed by atoms with E-state index in [1.165, 1.54) is 11.8 Å². The quantitative estimate of drug-likeness (QED) is 0.563. The Morgan fingerprint density at radius 2 is 2.07 bits per heavy atom. The number of pyridine rings is 1. The van der Waals surface area contributed by atoms with E-state index in [-0.39, 0.29) is 5.25 Å². The number of nitrogens with zero attached hydrogens (tertiary/aromatic N) is 5. The van der Waals surface area contributed by atoms with E-state index in [0.717, 1.165) is 34.1 Å². The molecule has 0 aromatic carbocycles. The Hall–Kier alpha value is -2.04. The molecule has 1 amide bonds. The van der Waals surface area contributed by atoms with Crippen LogP contribution in [0.5, 0.6) is 0 Å². The second-order valence-corrected chi connectivity index (χ2v) is 11.2. The standard InChI is InChI=1S/C19H21N5O2S3/c1-27-16-11-13(3-7-20-16)18(25)23-29(2,26)14-4-8-24(9-5-14)17-15-6-10-28-19(15)22-12-21-17/h3,6-7,10-12,14H,4-5,8-9H2,1-2H3. The molecule has 0 spiro atoms. The number of fused-ring (bicyclic) bond motifs is 1. The molecular weight excluding hydrogens is 426 g/mol. The fraction of sp³-hybridized carbons (Fsp3) is 0.368. The van der Waals surface area contributed by atoms with Crippen molar-refractivity contribution < 1.29 is 9.00 Å². The van der Waals surface area contributed by atoms with Crippen LogP contribution in [0.4, 0.5) is 5.82 Å². The summed E-state index contributed by atoms with van der Waals surface area (Å²) in [4.78, 5) is 28.7. The maximum atomic E-state index is 13.2. The molecule has 4 rings (SSSR count). The van der Waals surface area contributed by atoms with Crippen molar-refractivity contribution in [2.75, 3.05) is 30.5 Å². The number of anilines is 1. The first-order valence-electron chi connectivity index (χ1n) is 9.16. The average Bonchev–Trinajstić information content (AvgIpc) is 3.22. The van der Waals surface area contributed by atoms with Gasteiger partial charge in [0.15, 0.2) is 0 Å². The molecule has 3 aromatic rings. The van der Waals surface area contributed by atoms with Crippen LogP contribution >= 0.6 is 23.1 Å². The summed E-state index contributed by atoms with van der Waals surface area (Å²) in [5.41, 5.74) is 0.428. The number of rotatable bonds is 4. The number of hydrogen-bond donors (Lipinski definition) is 0. The van der Waals surface area contributed by atoms with Crippen LogP contribution in [-0.2, 0) is 9.73 Å². The van der Waals surface area contributed by atoms with Gasteiger partial charge < -0.3 is 4.90 Å². The van der Waals surface area contributed by atoms with Gasteiger partial charge in [0.1, 0.15) is 17.0 Å². The number of piperidine rings is 1. The summed E-state index contributed by atoms with van der Waals surface area (Å²) in [5, 5.41) is 3.69. The summed E-state index contributed by atoms with van der Waals surface area (Å²) >= 11 is 3.05. The van der Waals surface area contributed by atoms with Crippen molar-refractivity contribution in [3.63, 3.8) is 0 Å². The number of aromatic nitrogens is 3. The predicted octanol–water partition coefficient (Wildman–Crippen LogP) is 3.72. The minimum atomic E-state index is -2.65. The smallest absolute Gasteiger partial charge is 0.285 e. The van der Waals surface area contributed by atoms with Crippen LogP contribution in [0.25, 0.3) is 10.2 Å². The topological polar surface area (TPSA) is 88.4 Å². The fourth-order valence-corrected chi connectivity index (χ4v) is 6.29. The third kappa shape index (κ3) is 4.29. The van der Waals surface area contributed by atoms with Gasteiger partial charge in [0.05, 0.1) is 20.1 Å². The highest BCUT2D eigenvalue weighted by Crippen LogP contribution is 2.30. The lowest BCUT2D eigenvalue weighted by Gasteiger charge is -2.33. The van der Waals surface area contributed by atoms with E-state index in [1.807, 2.05) is 17.7 Å². The molecule has 1 atom stereocenters. The summed E-state index contributed by atoms with van der Waals surface area (Å²) in [5.74, 6) is 0.486. The van der Waals surface area contributed by atoms with Gasteiger partial charge in [0.2, 0.25) is 0 Å². The molecule has 0 aliphatic carbocycles. The third-order valence-electron chi connectivity index (χ3n) is 5.06. The summed E-state index contributed by atoms with van der Waals surface area (Å²) in [6.45, 7) is 1.46. The molecule has 152 valence electrons. The lowest BCUT2D eigenvalue weighted by Crippen LogP contribution is -2.39. The Morgan fingerprint density at radius 3 is 2.83 bits per heavy atom. The van der Waals surface area contributed by atoms with E-state index in [1.54, 1.807) is 42.2 Å². The first-order valence-corrected chi connectivity index (χ1v) is 13.3. The van der Waals surface area contributed by atoms with Crippen LogP contribution in [-0.4, -0.2) is 55.9 Å². The van der Waals surface area contributed by atoms with Crippen molar-refractivity contribution in [1.29, 1.82) is 0 Å². The van der Waals surface area contributed by atoms with Gasteiger partial charge in [0, 0.05) is 36.4 Å². The highest BCUT2D eigenvalue weighted by atomic mass is 32.2. The van der Waals surface area contributed by atoms with Crippen molar-refractivity contribution in [3.8, 4) is 0 Å². The SMILES string of the molecule is CSc1cc(C(=O)N=S(C)(=O)C2CCN(c3ncnc4sccc34)CC2)ccn1. The molecule has 1 unspecified atom stereocenters. The maximum Gasteiger partial charge on any atom is 0.285 e. The highest BCUT2D eigenvalue weighted by molar-refractivity contribution is 7.98. The summed E-state index contributed by atoms with van der Waals surface area (Å²) in [7, 11) is -2.65. The van der Waals surface area contributed by atoms with Crippen molar-refractivity contribution >= 4 is 54.8 Å². The number of thiophene rings is 1. The molecular formula is C19H21N5O2S3. The number of thioether (sulfide) groups is 1. The van der Waals surface area contributed by atoms with Crippen molar-refractivity contribution in [2.45, 2.75) is 23.1 Å². The first kappa shape index (κ1) is 20.2. The van der Waals surface area contributed by atoms with Gasteiger partial charge in [0.25, 0.3) is 5.91 Å². The fourth-order valence-electron chi connectivity index (χ4n) is 3.48. The summed E-state index contributed by atoms with van der Waals surface area (Å²) < 4.78 is 17.4. The summed E-state index contributed by atoms with van der Waals surface area (Å²) in [6, 6.07) is 5.34. The Labute approximate surface area is 178 Å². The molecule has 0 bridgehead atoms. The zero-order chi connectivity index (χ0) is 20.4. The normalized spacial score (nSPS) is 17.2. The molecule has 3 aromatic heterocycles. The Kier molecular flexibility index (Phi) is 5.84. The lowest BCUT2D eigenvalue weighted by molar-refractivity contribution is 0.100. The van der Waals surface area contributed by atoms with Gasteiger partial charge in [-0.25, -0.2) is 19.2 Å². The second kappa shape index (κ2) is 8.37. The van der Waals surface area contributed by atoms with Gasteiger partial charge in [-0.3, -0.25) is 4.79 Å².